The van der Waals surface area contributed by atoms with Crippen molar-refractivity contribution in [3.8, 4) is 11.5 Å². The summed E-state index contributed by atoms with van der Waals surface area (Å²) in [7, 11) is -0.388. The molecule has 1 N–H and O–H groups in total. The molecule has 1 aliphatic rings. The highest BCUT2D eigenvalue weighted by Gasteiger charge is 2.23. The quantitative estimate of drug-likeness (QED) is 0.310. The van der Waals surface area contributed by atoms with E-state index in [-0.39, 0.29) is 4.90 Å². The third-order valence-electron chi connectivity index (χ3n) is 5.99. The van der Waals surface area contributed by atoms with Crippen molar-refractivity contribution in [3.05, 3.63) is 113 Å². The number of benzene rings is 4. The number of methoxy groups -OCH3 is 2. The number of thioether (sulfide) groups is 1. The molecular weight excluding hydrogens is 490 g/mol. The van der Waals surface area contributed by atoms with Crippen molar-refractivity contribution >= 4 is 39.1 Å². The summed E-state index contributed by atoms with van der Waals surface area (Å²) in [6.45, 7) is 0. The predicted octanol–water partition coefficient (Wildman–Crippen LogP) is 6.70. The number of fused-ring (bicyclic) bond motifs is 2. The Morgan fingerprint density at radius 3 is 2.39 bits per heavy atom. The third kappa shape index (κ3) is 4.72. The van der Waals surface area contributed by atoms with Crippen LogP contribution in [0.1, 0.15) is 22.3 Å². The van der Waals surface area contributed by atoms with Crippen molar-refractivity contribution in [2.45, 2.75) is 15.5 Å². The van der Waals surface area contributed by atoms with Crippen molar-refractivity contribution in [2.24, 2.45) is 0 Å². The van der Waals surface area contributed by atoms with Crippen molar-refractivity contribution < 1.29 is 17.9 Å². The Labute approximate surface area is 215 Å². The molecule has 0 aromatic heterocycles. The average molecular weight is 516 g/mol. The number of hydrogen-bond donors (Lipinski definition) is 1. The molecule has 36 heavy (non-hydrogen) atoms. The monoisotopic (exact) mass is 515 g/mol. The van der Waals surface area contributed by atoms with Crippen LogP contribution in [0.3, 0.4) is 0 Å². The van der Waals surface area contributed by atoms with Gasteiger partial charge in [0.2, 0.25) is 0 Å². The second-order valence-electron chi connectivity index (χ2n) is 8.21. The Balaban J connectivity index is 1.61. The largest absolute Gasteiger partial charge is 0.493 e. The Morgan fingerprint density at radius 2 is 1.61 bits per heavy atom. The zero-order chi connectivity index (χ0) is 25.1. The Morgan fingerprint density at radius 1 is 0.833 bits per heavy atom. The minimum Gasteiger partial charge on any atom is -0.493 e. The maximum atomic E-state index is 12.9. The van der Waals surface area contributed by atoms with E-state index in [1.807, 2.05) is 36.4 Å². The summed E-state index contributed by atoms with van der Waals surface area (Å²) in [5.41, 5.74) is 5.64. The lowest BCUT2D eigenvalue weighted by molar-refractivity contribution is 0.352. The van der Waals surface area contributed by atoms with Crippen LogP contribution in [0.2, 0.25) is 0 Å². The van der Waals surface area contributed by atoms with Crippen LogP contribution < -0.4 is 14.2 Å². The number of nitrogens with one attached hydrogen (secondary N) is 1. The van der Waals surface area contributed by atoms with Gasteiger partial charge in [0.1, 0.15) is 0 Å². The topological polar surface area (TPSA) is 64.6 Å². The highest BCUT2D eigenvalue weighted by molar-refractivity contribution is 7.98. The van der Waals surface area contributed by atoms with Gasteiger partial charge in [-0.05, 0) is 64.7 Å². The van der Waals surface area contributed by atoms with Gasteiger partial charge < -0.3 is 9.47 Å². The number of anilines is 1. The van der Waals surface area contributed by atoms with E-state index in [1.165, 1.54) is 4.90 Å². The van der Waals surface area contributed by atoms with Crippen molar-refractivity contribution in [3.63, 3.8) is 0 Å². The molecule has 1 heterocycles. The van der Waals surface area contributed by atoms with Gasteiger partial charge in [0.05, 0.1) is 19.1 Å². The van der Waals surface area contributed by atoms with E-state index < -0.39 is 10.0 Å². The molecule has 0 saturated heterocycles. The fraction of sp³-hybridized carbons (Fsp3) is 0.103. The lowest BCUT2D eigenvalue weighted by Gasteiger charge is -2.17. The Kier molecular flexibility index (Phi) is 6.76. The molecule has 0 saturated carbocycles. The van der Waals surface area contributed by atoms with Crippen LogP contribution in [-0.4, -0.2) is 22.6 Å². The third-order valence-corrected chi connectivity index (χ3v) is 8.49. The molecule has 0 aliphatic carbocycles. The maximum absolute atomic E-state index is 12.9. The van der Waals surface area contributed by atoms with Crippen molar-refractivity contribution in [2.75, 3.05) is 18.9 Å². The first-order valence-electron chi connectivity index (χ1n) is 11.4. The van der Waals surface area contributed by atoms with Gasteiger partial charge in [0, 0.05) is 21.9 Å². The minimum atomic E-state index is -3.69. The van der Waals surface area contributed by atoms with E-state index in [1.54, 1.807) is 62.4 Å². The molecule has 7 heteroatoms. The number of ether oxygens (including phenoxy) is 2. The van der Waals surface area contributed by atoms with E-state index in [9.17, 15) is 8.42 Å². The summed E-state index contributed by atoms with van der Waals surface area (Å²) < 4.78 is 39.7. The van der Waals surface area contributed by atoms with E-state index in [4.69, 9.17) is 9.47 Å². The highest BCUT2D eigenvalue weighted by atomic mass is 32.2. The number of sulfonamides is 1. The van der Waals surface area contributed by atoms with Crippen LogP contribution in [0.15, 0.2) is 101 Å². The summed E-state index contributed by atoms with van der Waals surface area (Å²) in [4.78, 5) is 1.39. The normalized spacial score (nSPS) is 13.9. The molecule has 0 radical (unpaired) electrons. The van der Waals surface area contributed by atoms with Crippen LogP contribution in [0, 0.1) is 0 Å². The zero-order valence-corrected chi connectivity index (χ0v) is 21.5. The van der Waals surface area contributed by atoms with Crippen LogP contribution in [0.4, 0.5) is 5.69 Å². The summed E-state index contributed by atoms with van der Waals surface area (Å²) in [5, 5.41) is 0. The van der Waals surface area contributed by atoms with Crippen molar-refractivity contribution in [1.82, 2.24) is 0 Å². The average Bonchev–Trinajstić information content (AvgIpc) is 3.05. The summed E-state index contributed by atoms with van der Waals surface area (Å²) >= 11 is 1.76. The molecule has 0 amide bonds. The van der Waals surface area contributed by atoms with Gasteiger partial charge in [-0.1, -0.05) is 54.6 Å². The van der Waals surface area contributed by atoms with Gasteiger partial charge >= 0.3 is 0 Å². The molecule has 0 fully saturated rings. The predicted molar refractivity (Wildman–Crippen MR) is 146 cm³/mol. The maximum Gasteiger partial charge on any atom is 0.261 e. The molecule has 5 nitrogen and oxygen atoms in total. The zero-order valence-electron chi connectivity index (χ0n) is 19.9. The molecule has 0 atom stereocenters. The SMILES string of the molecule is COc1ccc2c(c1OC)CSc1ccccc1/C2=C/c1cccc(NS(=O)(=O)c2ccccc2)c1. The van der Waals surface area contributed by atoms with Gasteiger partial charge in [0.25, 0.3) is 10.0 Å². The summed E-state index contributed by atoms with van der Waals surface area (Å²) in [6, 6.07) is 28.1. The molecule has 4 aromatic carbocycles. The van der Waals surface area contributed by atoms with E-state index in [2.05, 4.69) is 29.0 Å². The molecule has 0 spiro atoms. The van der Waals surface area contributed by atoms with Crippen molar-refractivity contribution in [1.29, 1.82) is 0 Å². The van der Waals surface area contributed by atoms with E-state index in [0.717, 1.165) is 39.3 Å². The molecule has 0 unspecified atom stereocenters. The van der Waals surface area contributed by atoms with Crippen LogP contribution in [0.25, 0.3) is 11.6 Å². The first kappa shape index (κ1) is 24.0. The van der Waals surface area contributed by atoms with Crippen LogP contribution in [-0.2, 0) is 15.8 Å². The Hall–Kier alpha value is -3.68. The second kappa shape index (κ2) is 10.1. The Bertz CT molecular complexity index is 1550. The smallest absolute Gasteiger partial charge is 0.261 e. The van der Waals surface area contributed by atoms with Gasteiger partial charge in [-0.2, -0.15) is 0 Å². The molecular formula is C29H25NO4S2. The number of rotatable bonds is 6. The lowest BCUT2D eigenvalue weighted by Crippen LogP contribution is -2.12. The summed E-state index contributed by atoms with van der Waals surface area (Å²) in [5.74, 6) is 2.16. The standard InChI is InChI=1S/C29H25NO4S2/c1-33-27-16-15-23-25(24-13-6-7-14-28(24)35-19-26(23)29(27)34-2)18-20-9-8-10-21(17-20)30-36(31,32)22-11-4-3-5-12-22/h3-18,30H,19H2,1-2H3/b25-18+. The molecule has 5 rings (SSSR count). The van der Waals surface area contributed by atoms with Gasteiger partial charge in [0.15, 0.2) is 11.5 Å². The second-order valence-corrected chi connectivity index (χ2v) is 10.9. The first-order valence-corrected chi connectivity index (χ1v) is 13.8. The fourth-order valence-electron chi connectivity index (χ4n) is 4.32. The molecule has 4 aromatic rings. The van der Waals surface area contributed by atoms with Gasteiger partial charge in [-0.15, -0.1) is 11.8 Å². The number of hydrogen-bond acceptors (Lipinski definition) is 5. The minimum absolute atomic E-state index is 0.221. The van der Waals surface area contributed by atoms with Gasteiger partial charge in [-0.25, -0.2) is 8.42 Å². The van der Waals surface area contributed by atoms with E-state index >= 15 is 0 Å². The first-order chi connectivity index (χ1) is 17.5. The summed E-state index contributed by atoms with van der Waals surface area (Å²) in [6.07, 6.45) is 2.09. The molecule has 0 bridgehead atoms. The van der Waals surface area contributed by atoms with Crippen LogP contribution in [0.5, 0.6) is 11.5 Å². The van der Waals surface area contributed by atoms with E-state index in [0.29, 0.717) is 11.4 Å². The van der Waals surface area contributed by atoms with Gasteiger partial charge in [-0.3, -0.25) is 4.72 Å². The highest BCUT2D eigenvalue weighted by Crippen LogP contribution is 2.46. The fourth-order valence-corrected chi connectivity index (χ4v) is 6.49. The molecule has 182 valence electrons. The van der Waals surface area contributed by atoms with Crippen LogP contribution >= 0.6 is 11.8 Å². The lowest BCUT2D eigenvalue weighted by atomic mass is 9.92. The molecule has 1 aliphatic heterocycles.